The van der Waals surface area contributed by atoms with E-state index in [4.69, 9.17) is 22.7 Å². The zero-order valence-electron chi connectivity index (χ0n) is 10.0. The molecule has 0 aromatic heterocycles. The van der Waals surface area contributed by atoms with Gasteiger partial charge in [-0.2, -0.15) is 0 Å². The number of nitrogens with two attached hydrogens (primary N) is 1. The van der Waals surface area contributed by atoms with Gasteiger partial charge in [-0.05, 0) is 25.2 Å². The second-order valence-corrected chi connectivity index (χ2v) is 4.73. The summed E-state index contributed by atoms with van der Waals surface area (Å²) in [6, 6.07) is 4.50. The maximum atomic E-state index is 13.5. The van der Waals surface area contributed by atoms with E-state index < -0.39 is 0 Å². The number of amidine groups is 1. The van der Waals surface area contributed by atoms with Crippen LogP contribution in [0.15, 0.2) is 18.2 Å². The lowest BCUT2D eigenvalue weighted by atomic mass is 10.1. The summed E-state index contributed by atoms with van der Waals surface area (Å²) in [5, 5.41) is 7.83. The van der Waals surface area contributed by atoms with Gasteiger partial charge in [-0.1, -0.05) is 18.5 Å². The third kappa shape index (κ3) is 4.32. The van der Waals surface area contributed by atoms with Crippen molar-refractivity contribution >= 4 is 17.4 Å². The average Bonchev–Trinajstić information content (AvgIpc) is 2.23. The van der Waals surface area contributed by atoms with E-state index in [1.54, 1.807) is 6.07 Å². The second kappa shape index (κ2) is 5.98. The van der Waals surface area contributed by atoms with Gasteiger partial charge in [0, 0.05) is 29.6 Å². The molecule has 1 unspecified atom stereocenters. The molecule has 0 heterocycles. The van der Waals surface area contributed by atoms with E-state index >= 15 is 0 Å². The Balaban J connectivity index is 2.64. The highest BCUT2D eigenvalue weighted by Crippen LogP contribution is 2.16. The molecule has 0 spiro atoms. The van der Waals surface area contributed by atoms with Crippen molar-refractivity contribution in [3.05, 3.63) is 34.6 Å². The number of hydrogen-bond donors (Lipinski definition) is 2. The van der Waals surface area contributed by atoms with Crippen molar-refractivity contribution in [3.63, 3.8) is 0 Å². The first kappa shape index (κ1) is 13.9. The van der Waals surface area contributed by atoms with Crippen LogP contribution in [0.5, 0.6) is 0 Å². The first-order valence-electron chi connectivity index (χ1n) is 5.36. The minimum Gasteiger partial charge on any atom is -0.387 e. The molecule has 3 nitrogen and oxygen atoms in total. The highest BCUT2D eigenvalue weighted by molar-refractivity contribution is 6.30. The van der Waals surface area contributed by atoms with Crippen molar-refractivity contribution in [2.75, 3.05) is 13.6 Å². The summed E-state index contributed by atoms with van der Waals surface area (Å²) >= 11 is 5.82. The fraction of sp³-hybridized carbons (Fsp3) is 0.417. The third-order valence-electron chi connectivity index (χ3n) is 2.56. The van der Waals surface area contributed by atoms with Crippen molar-refractivity contribution in [2.24, 2.45) is 11.7 Å². The number of rotatable bonds is 5. The molecule has 1 atom stereocenters. The van der Waals surface area contributed by atoms with Crippen molar-refractivity contribution in [3.8, 4) is 0 Å². The Bertz CT molecular complexity index is 409. The van der Waals surface area contributed by atoms with Crippen molar-refractivity contribution < 1.29 is 4.39 Å². The predicted octanol–water partition coefficient (Wildman–Crippen LogP) is 2.48. The van der Waals surface area contributed by atoms with Crippen LogP contribution in [0.2, 0.25) is 5.02 Å². The molecular weight excluding hydrogens is 241 g/mol. The molecule has 0 aliphatic heterocycles. The maximum absolute atomic E-state index is 13.5. The van der Waals surface area contributed by atoms with E-state index in [1.807, 2.05) is 18.9 Å². The molecule has 94 valence electrons. The first-order valence-corrected chi connectivity index (χ1v) is 5.74. The van der Waals surface area contributed by atoms with Gasteiger partial charge in [-0.15, -0.1) is 0 Å². The average molecular weight is 258 g/mol. The van der Waals surface area contributed by atoms with Crippen LogP contribution in [0.4, 0.5) is 4.39 Å². The van der Waals surface area contributed by atoms with E-state index in [-0.39, 0.29) is 17.6 Å². The van der Waals surface area contributed by atoms with Crippen LogP contribution in [-0.4, -0.2) is 24.3 Å². The molecule has 0 amide bonds. The van der Waals surface area contributed by atoms with Gasteiger partial charge in [0.15, 0.2) is 0 Å². The molecule has 0 saturated heterocycles. The Labute approximate surface area is 106 Å². The standard InChI is InChI=1S/C12H17ClFN3/c1-8(12(15)16)6-17(2)7-9-5-10(13)3-4-11(9)14/h3-5,8H,6-7H2,1-2H3,(H3,15,16). The molecule has 0 radical (unpaired) electrons. The van der Waals surface area contributed by atoms with Crippen molar-refractivity contribution in [1.82, 2.24) is 4.90 Å². The van der Waals surface area contributed by atoms with Gasteiger partial charge in [0.05, 0.1) is 5.84 Å². The third-order valence-corrected chi connectivity index (χ3v) is 2.80. The summed E-state index contributed by atoms with van der Waals surface area (Å²) in [6.07, 6.45) is 0. The van der Waals surface area contributed by atoms with Crippen LogP contribution < -0.4 is 5.73 Å². The largest absolute Gasteiger partial charge is 0.387 e. The van der Waals surface area contributed by atoms with Crippen LogP contribution in [0.1, 0.15) is 12.5 Å². The highest BCUT2D eigenvalue weighted by Gasteiger charge is 2.11. The number of nitrogens with zero attached hydrogens (tertiary/aromatic N) is 1. The maximum Gasteiger partial charge on any atom is 0.127 e. The number of benzene rings is 1. The van der Waals surface area contributed by atoms with E-state index in [0.717, 1.165) is 0 Å². The summed E-state index contributed by atoms with van der Waals surface area (Å²) < 4.78 is 13.5. The quantitative estimate of drug-likeness (QED) is 0.629. The van der Waals surface area contributed by atoms with E-state index in [0.29, 0.717) is 23.7 Å². The van der Waals surface area contributed by atoms with Gasteiger partial charge in [-0.25, -0.2) is 4.39 Å². The lowest BCUT2D eigenvalue weighted by Crippen LogP contribution is -2.31. The zero-order chi connectivity index (χ0) is 13.0. The van der Waals surface area contributed by atoms with Crippen LogP contribution in [-0.2, 0) is 6.54 Å². The normalized spacial score (nSPS) is 12.8. The molecule has 0 saturated carbocycles. The second-order valence-electron chi connectivity index (χ2n) is 4.29. The Hall–Kier alpha value is -1.13. The molecule has 5 heteroatoms. The molecular formula is C12H17ClFN3. The van der Waals surface area contributed by atoms with Crippen LogP contribution >= 0.6 is 11.6 Å². The summed E-state index contributed by atoms with van der Waals surface area (Å²) in [4.78, 5) is 1.92. The number of hydrogen-bond acceptors (Lipinski definition) is 2. The predicted molar refractivity (Wildman–Crippen MR) is 68.8 cm³/mol. The molecule has 1 rings (SSSR count). The van der Waals surface area contributed by atoms with Crippen molar-refractivity contribution in [1.29, 1.82) is 5.41 Å². The molecule has 0 aliphatic rings. The minimum atomic E-state index is -0.267. The van der Waals surface area contributed by atoms with Crippen LogP contribution in [0, 0.1) is 17.1 Å². The van der Waals surface area contributed by atoms with Gasteiger partial charge < -0.3 is 10.6 Å². The lowest BCUT2D eigenvalue weighted by molar-refractivity contribution is 0.301. The van der Waals surface area contributed by atoms with Gasteiger partial charge in [0.25, 0.3) is 0 Å². The topological polar surface area (TPSA) is 53.1 Å². The summed E-state index contributed by atoms with van der Waals surface area (Å²) in [6.45, 7) is 2.93. The zero-order valence-corrected chi connectivity index (χ0v) is 10.8. The van der Waals surface area contributed by atoms with Gasteiger partial charge in [-0.3, -0.25) is 5.41 Å². The smallest absolute Gasteiger partial charge is 0.127 e. The Morgan fingerprint density at radius 1 is 1.59 bits per heavy atom. The Morgan fingerprint density at radius 3 is 2.82 bits per heavy atom. The van der Waals surface area contributed by atoms with Crippen LogP contribution in [0.25, 0.3) is 0 Å². The van der Waals surface area contributed by atoms with E-state index in [1.165, 1.54) is 12.1 Å². The molecule has 0 bridgehead atoms. The van der Waals surface area contributed by atoms with Gasteiger partial charge in [0.1, 0.15) is 5.82 Å². The van der Waals surface area contributed by atoms with Gasteiger partial charge in [0.2, 0.25) is 0 Å². The van der Waals surface area contributed by atoms with E-state index in [2.05, 4.69) is 0 Å². The monoisotopic (exact) mass is 257 g/mol. The molecule has 0 aliphatic carbocycles. The Kier molecular flexibility index (Phi) is 4.90. The number of nitrogens with one attached hydrogen (secondary N) is 1. The van der Waals surface area contributed by atoms with E-state index in [9.17, 15) is 4.39 Å². The molecule has 1 aromatic rings. The van der Waals surface area contributed by atoms with Crippen LogP contribution in [0.3, 0.4) is 0 Å². The highest BCUT2D eigenvalue weighted by atomic mass is 35.5. The first-order chi connectivity index (χ1) is 7.90. The Morgan fingerprint density at radius 2 is 2.24 bits per heavy atom. The summed E-state index contributed by atoms with van der Waals surface area (Å²) in [5.74, 6) is -0.164. The fourth-order valence-electron chi connectivity index (χ4n) is 1.59. The molecule has 3 N–H and O–H groups in total. The molecule has 1 aromatic carbocycles. The number of halogens is 2. The molecule has 17 heavy (non-hydrogen) atoms. The summed E-state index contributed by atoms with van der Waals surface area (Å²) in [5.41, 5.74) is 5.94. The minimum absolute atomic E-state index is 0.0396. The lowest BCUT2D eigenvalue weighted by Gasteiger charge is -2.20. The summed E-state index contributed by atoms with van der Waals surface area (Å²) in [7, 11) is 1.86. The van der Waals surface area contributed by atoms with Gasteiger partial charge >= 0.3 is 0 Å². The SMILES string of the molecule is CC(CN(C)Cc1cc(Cl)ccc1F)C(=N)N. The fourth-order valence-corrected chi connectivity index (χ4v) is 1.78. The molecule has 0 fully saturated rings. The van der Waals surface area contributed by atoms with Crippen molar-refractivity contribution in [2.45, 2.75) is 13.5 Å².